The van der Waals surface area contributed by atoms with E-state index in [1.807, 2.05) is 30.3 Å². The Morgan fingerprint density at radius 1 is 1.15 bits per heavy atom. The number of hydrogen-bond acceptors (Lipinski definition) is 6. The third-order valence-electron chi connectivity index (χ3n) is 4.03. The van der Waals surface area contributed by atoms with Crippen molar-refractivity contribution in [2.45, 2.75) is 6.42 Å². The molecule has 0 bridgehead atoms. The van der Waals surface area contributed by atoms with E-state index in [0.717, 1.165) is 15.6 Å². The van der Waals surface area contributed by atoms with Crippen molar-refractivity contribution in [2.24, 2.45) is 0 Å². The van der Waals surface area contributed by atoms with Crippen molar-refractivity contribution in [2.75, 3.05) is 19.2 Å². The molecule has 2 aromatic carbocycles. The molecule has 0 radical (unpaired) electrons. The second-order valence-corrected chi connectivity index (χ2v) is 6.76. The average Bonchev–Trinajstić information content (AvgIpc) is 3.25. The molecule has 0 atom stereocenters. The fraction of sp³-hybridized carbons (Fsp3) is 0.158. The van der Waals surface area contributed by atoms with Crippen LogP contribution in [0.2, 0.25) is 0 Å². The fourth-order valence-corrected chi connectivity index (χ4v) is 3.90. The van der Waals surface area contributed by atoms with Crippen molar-refractivity contribution in [3.05, 3.63) is 52.9 Å². The molecular weight excluding hydrogens is 354 g/mol. The highest BCUT2D eigenvalue weighted by Crippen LogP contribution is 2.36. The first-order valence-electron chi connectivity index (χ1n) is 7.94. The van der Waals surface area contributed by atoms with Gasteiger partial charge in [-0.3, -0.25) is 4.79 Å². The van der Waals surface area contributed by atoms with Crippen LogP contribution in [0.25, 0.3) is 10.1 Å². The van der Waals surface area contributed by atoms with E-state index in [-0.39, 0.29) is 19.1 Å². The molecule has 1 aromatic heterocycles. The third-order valence-corrected chi connectivity index (χ3v) is 5.18. The van der Waals surface area contributed by atoms with Crippen molar-refractivity contribution in [3.63, 3.8) is 0 Å². The Bertz CT molecular complexity index is 1010. The summed E-state index contributed by atoms with van der Waals surface area (Å²) in [5.41, 5.74) is 1.29. The topological polar surface area (TPSA) is 73.9 Å². The molecule has 6 nitrogen and oxygen atoms in total. The molecule has 0 aliphatic carbocycles. The van der Waals surface area contributed by atoms with Gasteiger partial charge in [0.15, 0.2) is 11.5 Å². The predicted molar refractivity (Wildman–Crippen MR) is 98.1 cm³/mol. The molecule has 0 saturated heterocycles. The molecule has 26 heavy (non-hydrogen) atoms. The van der Waals surface area contributed by atoms with Crippen molar-refractivity contribution in [1.29, 1.82) is 0 Å². The minimum Gasteiger partial charge on any atom is -0.465 e. The fourth-order valence-electron chi connectivity index (χ4n) is 2.83. The zero-order valence-electron chi connectivity index (χ0n) is 13.9. The first-order chi connectivity index (χ1) is 12.7. The van der Waals surface area contributed by atoms with E-state index < -0.39 is 5.97 Å². The number of esters is 1. The van der Waals surface area contributed by atoms with Crippen LogP contribution in [0, 0.1) is 0 Å². The lowest BCUT2D eigenvalue weighted by Gasteiger charge is -2.07. The van der Waals surface area contributed by atoms with E-state index in [1.54, 1.807) is 12.1 Å². The lowest BCUT2D eigenvalue weighted by atomic mass is 10.1. The van der Waals surface area contributed by atoms with Gasteiger partial charge in [-0.15, -0.1) is 11.3 Å². The molecule has 4 rings (SSSR count). The first-order valence-corrected chi connectivity index (χ1v) is 8.75. The Balaban J connectivity index is 1.60. The Hall–Kier alpha value is -3.06. The summed E-state index contributed by atoms with van der Waals surface area (Å²) in [6.07, 6.45) is 0.154. The van der Waals surface area contributed by atoms with Crippen LogP contribution < -0.4 is 14.8 Å². The molecule has 2 heterocycles. The average molecular weight is 369 g/mol. The summed E-state index contributed by atoms with van der Waals surface area (Å²) in [6.45, 7) is 0.189. The first kappa shape index (κ1) is 16.4. The van der Waals surface area contributed by atoms with Gasteiger partial charge in [-0.1, -0.05) is 24.3 Å². The van der Waals surface area contributed by atoms with Gasteiger partial charge in [-0.2, -0.15) is 0 Å². The molecule has 1 aliphatic heterocycles. The minimum absolute atomic E-state index is 0.154. The van der Waals surface area contributed by atoms with Gasteiger partial charge in [0.1, 0.15) is 4.88 Å². The number of hydrogen-bond donors (Lipinski definition) is 1. The maximum absolute atomic E-state index is 12.6. The summed E-state index contributed by atoms with van der Waals surface area (Å²) in [4.78, 5) is 25.0. The van der Waals surface area contributed by atoms with E-state index in [4.69, 9.17) is 14.2 Å². The molecule has 1 aliphatic rings. The van der Waals surface area contributed by atoms with Gasteiger partial charge in [0, 0.05) is 10.1 Å². The van der Waals surface area contributed by atoms with Gasteiger partial charge in [0.05, 0.1) is 19.2 Å². The second kappa shape index (κ2) is 6.68. The Kier molecular flexibility index (Phi) is 4.22. The lowest BCUT2D eigenvalue weighted by molar-refractivity contribution is -0.115. The van der Waals surface area contributed by atoms with Crippen LogP contribution >= 0.6 is 11.3 Å². The quantitative estimate of drug-likeness (QED) is 0.712. The van der Waals surface area contributed by atoms with Gasteiger partial charge in [-0.05, 0) is 23.8 Å². The van der Waals surface area contributed by atoms with Crippen LogP contribution in [0.15, 0.2) is 42.5 Å². The Labute approximate surface area is 153 Å². The number of carbonyl (C=O) groups excluding carboxylic acids is 2. The highest BCUT2D eigenvalue weighted by molar-refractivity contribution is 7.21. The van der Waals surface area contributed by atoms with Gasteiger partial charge in [-0.25, -0.2) is 4.79 Å². The number of amides is 1. The summed E-state index contributed by atoms with van der Waals surface area (Å²) in [5.74, 6) is 0.611. The number of benzene rings is 2. The third kappa shape index (κ3) is 2.97. The van der Waals surface area contributed by atoms with E-state index in [2.05, 4.69) is 5.32 Å². The smallest absolute Gasteiger partial charge is 0.350 e. The summed E-state index contributed by atoms with van der Waals surface area (Å²) in [5, 5.41) is 3.68. The number of anilines is 1. The summed E-state index contributed by atoms with van der Waals surface area (Å²) in [7, 11) is 1.32. The number of rotatable bonds is 4. The molecule has 0 fully saturated rings. The molecule has 0 unspecified atom stereocenters. The summed E-state index contributed by atoms with van der Waals surface area (Å²) >= 11 is 1.30. The largest absolute Gasteiger partial charge is 0.465 e. The number of nitrogens with one attached hydrogen (secondary N) is 1. The van der Waals surface area contributed by atoms with Crippen molar-refractivity contribution < 1.29 is 23.8 Å². The molecule has 0 spiro atoms. The van der Waals surface area contributed by atoms with Crippen molar-refractivity contribution in [1.82, 2.24) is 0 Å². The highest BCUT2D eigenvalue weighted by Gasteiger charge is 2.21. The van der Waals surface area contributed by atoms with E-state index in [9.17, 15) is 9.59 Å². The van der Waals surface area contributed by atoms with Gasteiger partial charge < -0.3 is 19.5 Å². The number of fused-ring (bicyclic) bond motifs is 2. The molecule has 0 saturated carbocycles. The van der Waals surface area contributed by atoms with Gasteiger partial charge in [0.2, 0.25) is 12.7 Å². The SMILES string of the molecule is COC(=O)c1sc2ccccc2c1NC(=O)Cc1ccc2c(c1)OCO2. The van der Waals surface area contributed by atoms with E-state index in [1.165, 1.54) is 18.4 Å². The molecule has 1 amide bonds. The highest BCUT2D eigenvalue weighted by atomic mass is 32.1. The Morgan fingerprint density at radius 2 is 1.96 bits per heavy atom. The number of thiophene rings is 1. The minimum atomic E-state index is -0.468. The van der Waals surface area contributed by atoms with Crippen LogP contribution in [0.3, 0.4) is 0 Å². The molecule has 3 aromatic rings. The number of carbonyl (C=O) groups is 2. The van der Waals surface area contributed by atoms with Crippen LogP contribution in [-0.4, -0.2) is 25.8 Å². The normalized spacial score (nSPS) is 12.2. The van der Waals surface area contributed by atoms with Gasteiger partial charge >= 0.3 is 5.97 Å². The number of ether oxygens (including phenoxy) is 3. The van der Waals surface area contributed by atoms with Gasteiger partial charge in [0.25, 0.3) is 0 Å². The van der Waals surface area contributed by atoms with Crippen LogP contribution in [-0.2, 0) is 16.0 Å². The predicted octanol–water partition coefficient (Wildman–Crippen LogP) is 3.60. The second-order valence-electron chi connectivity index (χ2n) is 5.71. The lowest BCUT2D eigenvalue weighted by Crippen LogP contribution is -2.16. The van der Waals surface area contributed by atoms with Crippen LogP contribution in [0.1, 0.15) is 15.2 Å². The molecule has 132 valence electrons. The van der Waals surface area contributed by atoms with Crippen LogP contribution in [0.5, 0.6) is 11.5 Å². The van der Waals surface area contributed by atoms with E-state index >= 15 is 0 Å². The standard InChI is InChI=1S/C19H15NO5S/c1-23-19(22)18-17(12-4-2-3-5-15(12)26-18)20-16(21)9-11-6-7-13-14(8-11)25-10-24-13/h2-8H,9-10H2,1H3,(H,20,21). The molecule has 7 heteroatoms. The maximum Gasteiger partial charge on any atom is 0.350 e. The zero-order valence-corrected chi connectivity index (χ0v) is 14.7. The monoisotopic (exact) mass is 369 g/mol. The zero-order chi connectivity index (χ0) is 18.1. The van der Waals surface area contributed by atoms with Crippen LogP contribution in [0.4, 0.5) is 5.69 Å². The van der Waals surface area contributed by atoms with Crippen molar-refractivity contribution >= 4 is 39.0 Å². The molecular formula is C19H15NO5S. The molecule has 1 N–H and O–H groups in total. The van der Waals surface area contributed by atoms with Crippen molar-refractivity contribution in [3.8, 4) is 11.5 Å². The Morgan fingerprint density at radius 3 is 2.81 bits per heavy atom. The number of methoxy groups -OCH3 is 1. The summed E-state index contributed by atoms with van der Waals surface area (Å²) in [6, 6.07) is 12.9. The summed E-state index contributed by atoms with van der Waals surface area (Å²) < 4.78 is 16.4. The maximum atomic E-state index is 12.6. The van der Waals surface area contributed by atoms with E-state index in [0.29, 0.717) is 22.1 Å².